The lowest BCUT2D eigenvalue weighted by molar-refractivity contribution is 0.0697. The fourth-order valence-electron chi connectivity index (χ4n) is 2.42. The van der Waals surface area contributed by atoms with E-state index in [9.17, 15) is 13.2 Å². The van der Waals surface area contributed by atoms with Crippen molar-refractivity contribution < 1.29 is 18.3 Å². The first-order valence-electron chi connectivity index (χ1n) is 7.46. The number of aromatic carboxylic acids is 1. The number of sulfonamides is 1. The number of rotatable bonds is 9. The second-order valence-corrected chi connectivity index (χ2v) is 8.79. The van der Waals surface area contributed by atoms with Crippen molar-refractivity contribution in [3.63, 3.8) is 0 Å². The second kappa shape index (κ2) is 8.21. The Hall–Kier alpha value is -1.26. The average Bonchev–Trinajstić information content (AvgIpc) is 3.22. The molecule has 0 aliphatic carbocycles. The Morgan fingerprint density at radius 2 is 2.04 bits per heavy atom. The van der Waals surface area contributed by atoms with E-state index in [1.807, 2.05) is 30.7 Å². The molecule has 0 spiro atoms. The van der Waals surface area contributed by atoms with Crippen molar-refractivity contribution in [3.8, 4) is 0 Å². The highest BCUT2D eigenvalue weighted by Gasteiger charge is 2.24. The lowest BCUT2D eigenvalue weighted by Gasteiger charge is -2.29. The molecule has 2 aromatic rings. The predicted octanol–water partition coefficient (Wildman–Crippen LogP) is 2.87. The first-order valence-corrected chi connectivity index (χ1v) is 10.8. The summed E-state index contributed by atoms with van der Waals surface area (Å²) in [6, 6.07) is 3.13. The van der Waals surface area contributed by atoms with Crippen molar-refractivity contribution in [1.82, 2.24) is 9.62 Å². The lowest BCUT2D eigenvalue weighted by Crippen LogP contribution is -2.37. The van der Waals surface area contributed by atoms with Gasteiger partial charge in [0.1, 0.15) is 4.21 Å². The van der Waals surface area contributed by atoms with Crippen molar-refractivity contribution >= 4 is 38.7 Å². The minimum atomic E-state index is -3.73. The van der Waals surface area contributed by atoms with Gasteiger partial charge >= 0.3 is 5.97 Å². The fourth-order valence-corrected chi connectivity index (χ4v) is 5.36. The van der Waals surface area contributed by atoms with Gasteiger partial charge in [0, 0.05) is 18.0 Å². The second-order valence-electron chi connectivity index (χ2n) is 5.11. The molecule has 0 saturated heterocycles. The van der Waals surface area contributed by atoms with Gasteiger partial charge in [0.25, 0.3) is 0 Å². The Morgan fingerprint density at radius 3 is 2.54 bits per heavy atom. The molecule has 0 amide bonds. The van der Waals surface area contributed by atoms with Gasteiger partial charge in [-0.3, -0.25) is 4.90 Å². The van der Waals surface area contributed by atoms with Crippen LogP contribution in [0.5, 0.6) is 0 Å². The third-order valence-corrected chi connectivity index (χ3v) is 7.30. The quantitative estimate of drug-likeness (QED) is 0.690. The van der Waals surface area contributed by atoms with Gasteiger partial charge in [0.2, 0.25) is 10.0 Å². The number of hydrogen-bond donors (Lipinski definition) is 2. The molecule has 0 aromatic carbocycles. The Kier molecular flexibility index (Phi) is 6.53. The van der Waals surface area contributed by atoms with Crippen LogP contribution >= 0.6 is 22.7 Å². The highest BCUT2D eigenvalue weighted by atomic mass is 32.2. The summed E-state index contributed by atoms with van der Waals surface area (Å²) >= 11 is 2.49. The smallest absolute Gasteiger partial charge is 0.336 e. The molecule has 6 nitrogen and oxygen atoms in total. The van der Waals surface area contributed by atoms with Crippen LogP contribution in [-0.2, 0) is 10.0 Å². The largest absolute Gasteiger partial charge is 0.478 e. The minimum absolute atomic E-state index is 0.0153. The maximum absolute atomic E-state index is 12.4. The number of nitrogens with zero attached hydrogens (tertiary/aromatic N) is 1. The van der Waals surface area contributed by atoms with Crippen molar-refractivity contribution in [1.29, 1.82) is 0 Å². The number of nitrogens with one attached hydrogen (secondary N) is 1. The van der Waals surface area contributed by atoms with Gasteiger partial charge in [-0.2, -0.15) is 11.3 Å². The van der Waals surface area contributed by atoms with E-state index in [4.69, 9.17) is 5.11 Å². The summed E-state index contributed by atoms with van der Waals surface area (Å²) in [6.45, 7) is 5.93. The molecule has 1 unspecified atom stereocenters. The molecule has 24 heavy (non-hydrogen) atoms. The van der Waals surface area contributed by atoms with Gasteiger partial charge in [-0.15, -0.1) is 11.3 Å². The van der Waals surface area contributed by atoms with Gasteiger partial charge in [-0.25, -0.2) is 17.9 Å². The highest BCUT2D eigenvalue weighted by Crippen LogP contribution is 2.24. The van der Waals surface area contributed by atoms with Gasteiger partial charge < -0.3 is 5.11 Å². The summed E-state index contributed by atoms with van der Waals surface area (Å²) in [5.41, 5.74) is 1.06. The van der Waals surface area contributed by atoms with Crippen LogP contribution in [0.4, 0.5) is 0 Å². The van der Waals surface area contributed by atoms with E-state index in [1.165, 1.54) is 11.4 Å². The average molecular weight is 389 g/mol. The van der Waals surface area contributed by atoms with Crippen molar-refractivity contribution in [2.24, 2.45) is 0 Å². The van der Waals surface area contributed by atoms with E-state index in [-0.39, 0.29) is 22.4 Å². The molecule has 2 rings (SSSR count). The maximum Gasteiger partial charge on any atom is 0.336 e. The molecule has 2 aromatic heterocycles. The van der Waals surface area contributed by atoms with E-state index >= 15 is 0 Å². The first kappa shape index (κ1) is 19.1. The van der Waals surface area contributed by atoms with Crippen LogP contribution in [0.1, 0.15) is 35.8 Å². The summed E-state index contributed by atoms with van der Waals surface area (Å²) in [5, 5.41) is 14.3. The third kappa shape index (κ3) is 4.42. The fraction of sp³-hybridized carbons (Fsp3) is 0.400. The molecule has 0 bridgehead atoms. The molecule has 0 radical (unpaired) electrons. The molecule has 0 saturated carbocycles. The van der Waals surface area contributed by atoms with Crippen LogP contribution in [0, 0.1) is 0 Å². The SMILES string of the molecule is CCN(CC)C(CNS(=O)(=O)c1cc(C(=O)O)cs1)c1ccsc1. The predicted molar refractivity (Wildman–Crippen MR) is 96.4 cm³/mol. The van der Waals surface area contributed by atoms with Crippen molar-refractivity contribution in [3.05, 3.63) is 39.4 Å². The zero-order valence-corrected chi connectivity index (χ0v) is 15.9. The summed E-state index contributed by atoms with van der Waals surface area (Å²) in [5.74, 6) is -1.13. The van der Waals surface area contributed by atoms with Gasteiger partial charge in [-0.1, -0.05) is 13.8 Å². The maximum atomic E-state index is 12.4. The molecular formula is C15H20N2O4S3. The molecule has 2 heterocycles. The van der Waals surface area contributed by atoms with Crippen LogP contribution in [0.3, 0.4) is 0 Å². The van der Waals surface area contributed by atoms with E-state index in [0.717, 1.165) is 30.0 Å². The summed E-state index contributed by atoms with van der Waals surface area (Å²) in [6.07, 6.45) is 0. The topological polar surface area (TPSA) is 86.7 Å². The Morgan fingerprint density at radius 1 is 1.33 bits per heavy atom. The molecule has 0 aliphatic heterocycles. The van der Waals surface area contributed by atoms with Crippen LogP contribution in [0.2, 0.25) is 0 Å². The van der Waals surface area contributed by atoms with Crippen LogP contribution in [0.15, 0.2) is 32.5 Å². The standard InChI is InChI=1S/C15H20N2O4S3/c1-3-17(4-2)13(11-5-6-22-9-11)8-16-24(20,21)14-7-12(10-23-14)15(18)19/h5-7,9-10,13,16H,3-4,8H2,1-2H3,(H,18,19). The van der Waals surface area contributed by atoms with Gasteiger partial charge in [0.15, 0.2) is 0 Å². The molecule has 0 fully saturated rings. The Bertz CT molecular complexity index is 765. The van der Waals surface area contributed by atoms with Crippen LogP contribution in [0.25, 0.3) is 0 Å². The number of carbonyl (C=O) groups is 1. The van der Waals surface area contributed by atoms with Crippen molar-refractivity contribution in [2.75, 3.05) is 19.6 Å². The zero-order valence-electron chi connectivity index (χ0n) is 13.4. The van der Waals surface area contributed by atoms with Gasteiger partial charge in [-0.05, 0) is 41.5 Å². The number of carboxylic acids is 1. The monoisotopic (exact) mass is 388 g/mol. The van der Waals surface area contributed by atoms with Crippen LogP contribution in [-0.4, -0.2) is 44.0 Å². The third-order valence-electron chi connectivity index (χ3n) is 3.74. The summed E-state index contributed by atoms with van der Waals surface area (Å²) < 4.78 is 27.5. The lowest BCUT2D eigenvalue weighted by atomic mass is 10.1. The number of carboxylic acid groups (broad SMARTS) is 1. The number of hydrogen-bond acceptors (Lipinski definition) is 6. The minimum Gasteiger partial charge on any atom is -0.478 e. The van der Waals surface area contributed by atoms with Crippen LogP contribution < -0.4 is 4.72 Å². The van der Waals surface area contributed by atoms with Crippen molar-refractivity contribution in [2.45, 2.75) is 24.1 Å². The Balaban J connectivity index is 2.16. The molecule has 2 N–H and O–H groups in total. The molecule has 9 heteroatoms. The van der Waals surface area contributed by atoms with E-state index in [1.54, 1.807) is 11.3 Å². The number of thiophene rings is 2. The molecule has 132 valence electrons. The highest BCUT2D eigenvalue weighted by molar-refractivity contribution is 7.91. The molecular weight excluding hydrogens is 368 g/mol. The Labute approximate surface area is 149 Å². The zero-order chi connectivity index (χ0) is 17.7. The van der Waals surface area contributed by atoms with E-state index in [2.05, 4.69) is 9.62 Å². The molecule has 1 atom stereocenters. The summed E-state index contributed by atoms with van der Waals surface area (Å²) in [7, 11) is -3.73. The number of likely N-dealkylation sites (N-methyl/N-ethyl adjacent to an activating group) is 1. The van der Waals surface area contributed by atoms with E-state index in [0.29, 0.717) is 0 Å². The van der Waals surface area contributed by atoms with E-state index < -0.39 is 16.0 Å². The normalized spacial score (nSPS) is 13.3. The summed E-state index contributed by atoms with van der Waals surface area (Å²) in [4.78, 5) is 13.1. The van der Waals surface area contributed by atoms with Gasteiger partial charge in [0.05, 0.1) is 5.56 Å². The molecule has 0 aliphatic rings. The first-order chi connectivity index (χ1) is 11.4.